The molecule has 0 spiro atoms. The minimum absolute atomic E-state index is 0.0698. The van der Waals surface area contributed by atoms with E-state index in [2.05, 4.69) is 4.90 Å². The van der Waals surface area contributed by atoms with Gasteiger partial charge in [-0.05, 0) is 23.8 Å². The number of hydrogen-bond acceptors (Lipinski definition) is 7. The summed E-state index contributed by atoms with van der Waals surface area (Å²) in [6.07, 6.45) is 0. The molecule has 2 aliphatic rings. The summed E-state index contributed by atoms with van der Waals surface area (Å²) >= 11 is 0. The van der Waals surface area contributed by atoms with Crippen LogP contribution in [-0.4, -0.2) is 80.2 Å². The Hall–Kier alpha value is -3.36. The zero-order chi connectivity index (χ0) is 23.4. The van der Waals surface area contributed by atoms with Crippen LogP contribution >= 0.6 is 0 Å². The van der Waals surface area contributed by atoms with Crippen molar-refractivity contribution in [2.75, 3.05) is 53.6 Å². The van der Waals surface area contributed by atoms with Gasteiger partial charge < -0.3 is 24.2 Å². The topological polar surface area (TPSA) is 88.5 Å². The van der Waals surface area contributed by atoms with Crippen molar-refractivity contribution in [2.45, 2.75) is 6.04 Å². The number of methoxy groups -OCH3 is 2. The standard InChI is InChI=1S/C25H28N2O6/c1-31-19-9-8-18(16-20(19)32-2)23(28)21-22(17-6-4-3-5-7-17)27(25(30)24(21)29)11-10-26-12-14-33-15-13-26/h3-9,16,22,28H,10-15H2,1-2H3/b23-21+/t22-/m0/s1. The van der Waals surface area contributed by atoms with Crippen LogP contribution in [0.4, 0.5) is 0 Å². The molecular weight excluding hydrogens is 424 g/mol. The van der Waals surface area contributed by atoms with E-state index in [1.807, 2.05) is 30.3 Å². The molecule has 2 heterocycles. The first-order valence-corrected chi connectivity index (χ1v) is 10.9. The number of aliphatic hydroxyl groups is 1. The van der Waals surface area contributed by atoms with Crippen molar-refractivity contribution in [1.29, 1.82) is 0 Å². The summed E-state index contributed by atoms with van der Waals surface area (Å²) in [5, 5.41) is 11.2. The molecule has 0 bridgehead atoms. The second kappa shape index (κ2) is 10.1. The van der Waals surface area contributed by atoms with Crippen LogP contribution in [0.25, 0.3) is 5.76 Å². The van der Waals surface area contributed by atoms with E-state index in [9.17, 15) is 14.7 Å². The smallest absolute Gasteiger partial charge is 0.295 e. The number of morpholine rings is 1. The summed E-state index contributed by atoms with van der Waals surface area (Å²) in [4.78, 5) is 30.0. The van der Waals surface area contributed by atoms with E-state index in [-0.39, 0.29) is 11.3 Å². The predicted octanol–water partition coefficient (Wildman–Crippen LogP) is 2.46. The van der Waals surface area contributed by atoms with Crippen molar-refractivity contribution in [2.24, 2.45) is 0 Å². The number of amides is 1. The monoisotopic (exact) mass is 452 g/mol. The third-order valence-corrected chi connectivity index (χ3v) is 6.07. The zero-order valence-electron chi connectivity index (χ0n) is 18.8. The van der Waals surface area contributed by atoms with E-state index in [0.717, 1.165) is 18.7 Å². The molecule has 0 aromatic heterocycles. The Morgan fingerprint density at radius 2 is 1.70 bits per heavy atom. The molecule has 0 unspecified atom stereocenters. The van der Waals surface area contributed by atoms with Gasteiger partial charge in [-0.3, -0.25) is 14.5 Å². The molecule has 0 radical (unpaired) electrons. The van der Waals surface area contributed by atoms with E-state index < -0.39 is 17.7 Å². The Morgan fingerprint density at radius 3 is 2.36 bits per heavy atom. The van der Waals surface area contributed by atoms with Gasteiger partial charge in [-0.15, -0.1) is 0 Å². The Balaban J connectivity index is 1.73. The number of likely N-dealkylation sites (tertiary alicyclic amines) is 1. The Labute approximate surface area is 193 Å². The Morgan fingerprint density at radius 1 is 1.00 bits per heavy atom. The fourth-order valence-electron chi connectivity index (χ4n) is 4.31. The van der Waals surface area contributed by atoms with E-state index >= 15 is 0 Å². The largest absolute Gasteiger partial charge is 0.507 e. The average Bonchev–Trinajstić information content (AvgIpc) is 3.12. The third kappa shape index (κ3) is 4.58. The average molecular weight is 453 g/mol. The first-order valence-electron chi connectivity index (χ1n) is 10.9. The number of Topliss-reactive ketones (excluding diaryl/α,β-unsaturated/α-hetero) is 1. The maximum atomic E-state index is 13.1. The molecule has 33 heavy (non-hydrogen) atoms. The zero-order valence-corrected chi connectivity index (χ0v) is 18.8. The van der Waals surface area contributed by atoms with Gasteiger partial charge in [-0.1, -0.05) is 30.3 Å². The number of carbonyl (C=O) groups is 2. The molecule has 1 amide bonds. The van der Waals surface area contributed by atoms with Gasteiger partial charge in [0.15, 0.2) is 11.5 Å². The van der Waals surface area contributed by atoms with E-state index in [0.29, 0.717) is 43.4 Å². The molecule has 174 valence electrons. The summed E-state index contributed by atoms with van der Waals surface area (Å²) in [6.45, 7) is 3.86. The van der Waals surface area contributed by atoms with Crippen LogP contribution in [0.2, 0.25) is 0 Å². The van der Waals surface area contributed by atoms with Crippen LogP contribution in [-0.2, 0) is 14.3 Å². The van der Waals surface area contributed by atoms with Crippen LogP contribution < -0.4 is 9.47 Å². The number of aliphatic hydroxyl groups excluding tert-OH is 1. The van der Waals surface area contributed by atoms with Gasteiger partial charge in [-0.25, -0.2) is 0 Å². The first kappa shape index (κ1) is 22.8. The van der Waals surface area contributed by atoms with Crippen LogP contribution in [0.15, 0.2) is 54.1 Å². The summed E-state index contributed by atoms with van der Waals surface area (Å²) in [5.74, 6) is -0.631. The summed E-state index contributed by atoms with van der Waals surface area (Å²) in [7, 11) is 3.02. The molecule has 2 aromatic carbocycles. The predicted molar refractivity (Wildman–Crippen MR) is 122 cm³/mol. The fraction of sp³-hybridized carbons (Fsp3) is 0.360. The highest BCUT2D eigenvalue weighted by atomic mass is 16.5. The maximum absolute atomic E-state index is 13.1. The molecule has 8 heteroatoms. The second-order valence-corrected chi connectivity index (χ2v) is 7.93. The number of ether oxygens (including phenoxy) is 3. The van der Waals surface area contributed by atoms with Gasteiger partial charge in [0.2, 0.25) is 0 Å². The molecule has 1 atom stereocenters. The van der Waals surface area contributed by atoms with Gasteiger partial charge in [0.05, 0.1) is 39.0 Å². The third-order valence-electron chi connectivity index (χ3n) is 6.07. The lowest BCUT2D eigenvalue weighted by Gasteiger charge is -2.31. The maximum Gasteiger partial charge on any atom is 0.295 e. The fourth-order valence-corrected chi connectivity index (χ4v) is 4.31. The van der Waals surface area contributed by atoms with Crippen LogP contribution in [0.5, 0.6) is 11.5 Å². The number of ketones is 1. The van der Waals surface area contributed by atoms with Crippen molar-refractivity contribution in [3.05, 3.63) is 65.2 Å². The molecule has 0 saturated carbocycles. The quantitative estimate of drug-likeness (QED) is 0.392. The van der Waals surface area contributed by atoms with E-state index in [1.54, 1.807) is 23.1 Å². The van der Waals surface area contributed by atoms with Gasteiger partial charge in [0.1, 0.15) is 5.76 Å². The van der Waals surface area contributed by atoms with Crippen molar-refractivity contribution < 1.29 is 28.9 Å². The van der Waals surface area contributed by atoms with Gasteiger partial charge in [0, 0.05) is 31.7 Å². The van der Waals surface area contributed by atoms with Crippen LogP contribution in [0.1, 0.15) is 17.2 Å². The van der Waals surface area contributed by atoms with Crippen molar-refractivity contribution >= 4 is 17.4 Å². The molecule has 2 aromatic rings. The number of rotatable bonds is 7. The first-order chi connectivity index (χ1) is 16.0. The highest BCUT2D eigenvalue weighted by molar-refractivity contribution is 6.46. The SMILES string of the molecule is COc1ccc(/C(O)=C2\C(=O)C(=O)N(CCN3CCOCC3)[C@H]2c2ccccc2)cc1OC. The molecule has 0 aliphatic carbocycles. The van der Waals surface area contributed by atoms with Crippen molar-refractivity contribution in [3.63, 3.8) is 0 Å². The molecule has 2 aliphatic heterocycles. The molecule has 4 rings (SSSR count). The number of nitrogens with zero attached hydrogens (tertiary/aromatic N) is 2. The summed E-state index contributed by atoms with van der Waals surface area (Å²) in [5.41, 5.74) is 1.21. The lowest BCUT2D eigenvalue weighted by molar-refractivity contribution is -0.140. The molecule has 2 saturated heterocycles. The minimum Gasteiger partial charge on any atom is -0.507 e. The van der Waals surface area contributed by atoms with Crippen molar-refractivity contribution in [3.8, 4) is 11.5 Å². The molecule has 8 nitrogen and oxygen atoms in total. The summed E-state index contributed by atoms with van der Waals surface area (Å²) < 4.78 is 16.0. The molecule has 2 fully saturated rings. The highest BCUT2D eigenvalue weighted by Gasteiger charge is 2.46. The molecular formula is C25H28N2O6. The van der Waals surface area contributed by atoms with Gasteiger partial charge in [0.25, 0.3) is 11.7 Å². The van der Waals surface area contributed by atoms with E-state index in [4.69, 9.17) is 14.2 Å². The second-order valence-electron chi connectivity index (χ2n) is 7.93. The summed E-state index contributed by atoms with van der Waals surface area (Å²) in [6, 6.07) is 13.5. The van der Waals surface area contributed by atoms with Crippen molar-refractivity contribution in [1.82, 2.24) is 9.80 Å². The van der Waals surface area contributed by atoms with Crippen LogP contribution in [0, 0.1) is 0 Å². The van der Waals surface area contributed by atoms with Crippen LogP contribution in [0.3, 0.4) is 0 Å². The Kier molecular flexibility index (Phi) is 6.96. The lowest BCUT2D eigenvalue weighted by atomic mass is 9.95. The number of hydrogen-bond donors (Lipinski definition) is 1. The lowest BCUT2D eigenvalue weighted by Crippen LogP contribution is -2.42. The minimum atomic E-state index is -0.696. The van der Waals surface area contributed by atoms with E-state index in [1.165, 1.54) is 14.2 Å². The van der Waals surface area contributed by atoms with Gasteiger partial charge >= 0.3 is 0 Å². The normalized spacial score (nSPS) is 20.8. The molecule has 1 N–H and O–H groups in total. The number of benzene rings is 2. The Bertz CT molecular complexity index is 1050. The van der Waals surface area contributed by atoms with Gasteiger partial charge in [-0.2, -0.15) is 0 Å². The number of carbonyl (C=O) groups excluding carboxylic acids is 2. The highest BCUT2D eigenvalue weighted by Crippen LogP contribution is 2.40.